The number of benzene rings is 1. The minimum absolute atomic E-state index is 0.0321. The predicted molar refractivity (Wildman–Crippen MR) is 83.8 cm³/mol. The number of ether oxygens (including phenoxy) is 2. The molecule has 0 aliphatic heterocycles. The number of hydrogen-bond acceptors (Lipinski definition) is 4. The molecule has 5 heteroatoms. The zero-order chi connectivity index (χ0) is 15.5. The Morgan fingerprint density at radius 2 is 2.00 bits per heavy atom. The molecule has 0 atom stereocenters. The summed E-state index contributed by atoms with van der Waals surface area (Å²) in [6.07, 6.45) is 1.16. The van der Waals surface area contributed by atoms with E-state index in [2.05, 4.69) is 17.6 Å². The van der Waals surface area contributed by atoms with Crippen molar-refractivity contribution >= 4 is 5.91 Å². The first-order valence-corrected chi connectivity index (χ1v) is 7.51. The van der Waals surface area contributed by atoms with Gasteiger partial charge < -0.3 is 20.1 Å². The van der Waals surface area contributed by atoms with Crippen LogP contribution in [0.4, 0.5) is 0 Å². The first kappa shape index (κ1) is 17.3. The van der Waals surface area contributed by atoms with Gasteiger partial charge in [-0.1, -0.05) is 13.0 Å². The Morgan fingerprint density at radius 1 is 1.19 bits per heavy atom. The molecule has 0 aliphatic rings. The summed E-state index contributed by atoms with van der Waals surface area (Å²) in [5, 5.41) is 5.88. The van der Waals surface area contributed by atoms with Gasteiger partial charge in [0.25, 0.3) is 0 Å². The van der Waals surface area contributed by atoms with Gasteiger partial charge in [-0.25, -0.2) is 0 Å². The lowest BCUT2D eigenvalue weighted by molar-refractivity contribution is -0.120. The van der Waals surface area contributed by atoms with Gasteiger partial charge in [-0.2, -0.15) is 0 Å². The molecule has 2 N–H and O–H groups in total. The van der Waals surface area contributed by atoms with Crippen LogP contribution in [0.2, 0.25) is 0 Å². The van der Waals surface area contributed by atoms with E-state index in [1.165, 1.54) is 0 Å². The van der Waals surface area contributed by atoms with Gasteiger partial charge in [0.2, 0.25) is 5.91 Å². The van der Waals surface area contributed by atoms with Gasteiger partial charge in [0, 0.05) is 20.0 Å². The minimum Gasteiger partial charge on any atom is -0.490 e. The molecule has 0 aromatic heterocycles. The van der Waals surface area contributed by atoms with Crippen LogP contribution < -0.4 is 20.1 Å². The highest BCUT2D eigenvalue weighted by Crippen LogP contribution is 2.28. The highest BCUT2D eigenvalue weighted by atomic mass is 16.5. The van der Waals surface area contributed by atoms with Crippen molar-refractivity contribution in [1.29, 1.82) is 0 Å². The number of hydrogen-bond donors (Lipinski definition) is 2. The smallest absolute Gasteiger partial charge is 0.219 e. The molecule has 0 heterocycles. The van der Waals surface area contributed by atoms with Crippen molar-refractivity contribution in [3.05, 3.63) is 23.8 Å². The Bertz CT molecular complexity index is 436. The average Bonchev–Trinajstić information content (AvgIpc) is 2.51. The molecule has 0 saturated carbocycles. The summed E-state index contributed by atoms with van der Waals surface area (Å²) in [7, 11) is 1.64. The van der Waals surface area contributed by atoms with E-state index in [0.717, 1.165) is 30.2 Å². The fourth-order valence-electron chi connectivity index (χ4n) is 1.86. The zero-order valence-electron chi connectivity index (χ0n) is 13.2. The van der Waals surface area contributed by atoms with Gasteiger partial charge in [-0.3, -0.25) is 4.79 Å². The molecule has 0 bridgehead atoms. The largest absolute Gasteiger partial charge is 0.490 e. The first-order chi connectivity index (χ1) is 10.2. The Hall–Kier alpha value is -1.75. The molecule has 1 aromatic rings. The Labute approximate surface area is 127 Å². The van der Waals surface area contributed by atoms with Gasteiger partial charge >= 0.3 is 0 Å². The van der Waals surface area contributed by atoms with E-state index in [9.17, 15) is 4.79 Å². The van der Waals surface area contributed by atoms with Crippen LogP contribution in [0.25, 0.3) is 0 Å². The number of nitrogens with one attached hydrogen (secondary N) is 2. The van der Waals surface area contributed by atoms with E-state index < -0.39 is 0 Å². The lowest BCUT2D eigenvalue weighted by Gasteiger charge is -2.13. The molecule has 1 rings (SSSR count). The number of carbonyl (C=O) groups excluding carboxylic acids is 1. The van der Waals surface area contributed by atoms with Gasteiger partial charge in [0.05, 0.1) is 13.2 Å². The molecule has 0 aliphatic carbocycles. The second kappa shape index (κ2) is 10.0. The van der Waals surface area contributed by atoms with Crippen LogP contribution in [0.15, 0.2) is 18.2 Å². The fraction of sp³-hybridized carbons (Fsp3) is 0.562. The third-order valence-corrected chi connectivity index (χ3v) is 2.97. The normalized spacial score (nSPS) is 10.2. The maximum Gasteiger partial charge on any atom is 0.219 e. The summed E-state index contributed by atoms with van der Waals surface area (Å²) in [5.41, 5.74) is 1.16. The van der Waals surface area contributed by atoms with Crippen LogP contribution in [-0.4, -0.2) is 32.7 Å². The topological polar surface area (TPSA) is 59.6 Å². The molecule has 0 spiro atoms. The Morgan fingerprint density at radius 3 is 2.67 bits per heavy atom. The quantitative estimate of drug-likeness (QED) is 0.649. The van der Waals surface area contributed by atoms with Crippen LogP contribution in [0.5, 0.6) is 11.5 Å². The van der Waals surface area contributed by atoms with Crippen molar-refractivity contribution in [2.45, 2.75) is 33.2 Å². The maximum atomic E-state index is 11.1. The van der Waals surface area contributed by atoms with Crippen molar-refractivity contribution in [1.82, 2.24) is 10.6 Å². The third kappa shape index (κ3) is 6.49. The SMILES string of the molecule is CCNCc1ccc(OCCCC(=O)NC)c(OCC)c1. The van der Waals surface area contributed by atoms with Crippen LogP contribution in [0.3, 0.4) is 0 Å². The summed E-state index contributed by atoms with van der Waals surface area (Å²) in [4.78, 5) is 11.1. The van der Waals surface area contributed by atoms with Gasteiger partial charge in [0.1, 0.15) is 0 Å². The highest BCUT2D eigenvalue weighted by Gasteiger charge is 2.07. The molecule has 5 nitrogen and oxygen atoms in total. The summed E-state index contributed by atoms with van der Waals surface area (Å²) in [6, 6.07) is 5.96. The van der Waals surface area contributed by atoms with Crippen LogP contribution in [-0.2, 0) is 11.3 Å². The number of rotatable bonds is 10. The summed E-state index contributed by atoms with van der Waals surface area (Å²) >= 11 is 0. The molecular formula is C16H26N2O3. The lowest BCUT2D eigenvalue weighted by atomic mass is 10.2. The lowest BCUT2D eigenvalue weighted by Crippen LogP contribution is -2.18. The summed E-state index contributed by atoms with van der Waals surface area (Å²) in [5.74, 6) is 1.52. The monoisotopic (exact) mass is 294 g/mol. The van der Waals surface area contributed by atoms with Gasteiger partial charge in [-0.15, -0.1) is 0 Å². The maximum absolute atomic E-state index is 11.1. The average molecular weight is 294 g/mol. The van der Waals surface area contributed by atoms with E-state index >= 15 is 0 Å². The Kier molecular flexibility index (Phi) is 8.28. The van der Waals surface area contributed by atoms with Gasteiger partial charge in [0.15, 0.2) is 11.5 Å². The number of amides is 1. The minimum atomic E-state index is 0.0321. The van der Waals surface area contributed by atoms with E-state index in [1.54, 1.807) is 7.05 Å². The van der Waals surface area contributed by atoms with Crippen LogP contribution in [0.1, 0.15) is 32.3 Å². The number of carbonyl (C=O) groups is 1. The Balaban J connectivity index is 2.56. The molecule has 21 heavy (non-hydrogen) atoms. The molecule has 0 unspecified atom stereocenters. The standard InChI is InChI=1S/C16H26N2O3/c1-4-18-12-13-8-9-14(15(11-13)20-5-2)21-10-6-7-16(19)17-3/h8-9,11,18H,4-7,10,12H2,1-3H3,(H,17,19). The van der Waals surface area contributed by atoms with Crippen molar-refractivity contribution in [3.63, 3.8) is 0 Å². The van der Waals surface area contributed by atoms with Crippen molar-refractivity contribution < 1.29 is 14.3 Å². The molecular weight excluding hydrogens is 268 g/mol. The molecule has 1 aromatic carbocycles. The predicted octanol–water partition coefficient (Wildman–Crippen LogP) is 2.10. The van der Waals surface area contributed by atoms with Crippen molar-refractivity contribution in [2.75, 3.05) is 26.8 Å². The van der Waals surface area contributed by atoms with E-state index in [1.807, 2.05) is 25.1 Å². The van der Waals surface area contributed by atoms with Crippen molar-refractivity contribution in [2.24, 2.45) is 0 Å². The van der Waals surface area contributed by atoms with E-state index in [4.69, 9.17) is 9.47 Å². The molecule has 0 radical (unpaired) electrons. The van der Waals surface area contributed by atoms with E-state index in [-0.39, 0.29) is 5.91 Å². The second-order valence-corrected chi connectivity index (χ2v) is 4.62. The van der Waals surface area contributed by atoms with Crippen LogP contribution in [0, 0.1) is 0 Å². The van der Waals surface area contributed by atoms with E-state index in [0.29, 0.717) is 26.1 Å². The summed E-state index contributed by atoms with van der Waals surface area (Å²) < 4.78 is 11.3. The summed E-state index contributed by atoms with van der Waals surface area (Å²) in [6.45, 7) is 6.87. The molecule has 118 valence electrons. The fourth-order valence-corrected chi connectivity index (χ4v) is 1.86. The molecule has 0 saturated heterocycles. The third-order valence-electron chi connectivity index (χ3n) is 2.97. The first-order valence-electron chi connectivity index (χ1n) is 7.51. The van der Waals surface area contributed by atoms with Gasteiger partial charge in [-0.05, 0) is 37.6 Å². The molecule has 1 amide bonds. The van der Waals surface area contributed by atoms with Crippen molar-refractivity contribution in [3.8, 4) is 11.5 Å². The van der Waals surface area contributed by atoms with Crippen LogP contribution >= 0.6 is 0 Å². The second-order valence-electron chi connectivity index (χ2n) is 4.62. The highest BCUT2D eigenvalue weighted by molar-refractivity contribution is 5.75. The zero-order valence-corrected chi connectivity index (χ0v) is 13.2. The molecule has 0 fully saturated rings.